The SMILES string of the molecule is Cc1cccc(F)c1NCCCCCCO. The van der Waals surface area contributed by atoms with Crippen molar-refractivity contribution in [1.82, 2.24) is 0 Å². The molecule has 0 heterocycles. The summed E-state index contributed by atoms with van der Waals surface area (Å²) in [6, 6.07) is 5.09. The largest absolute Gasteiger partial charge is 0.396 e. The molecule has 0 saturated carbocycles. The molecule has 1 aromatic carbocycles. The Bertz CT molecular complexity index is 295. The van der Waals surface area contributed by atoms with Crippen molar-refractivity contribution in [1.29, 1.82) is 0 Å². The summed E-state index contributed by atoms with van der Waals surface area (Å²) in [5.74, 6) is -0.185. The Morgan fingerprint density at radius 1 is 1.19 bits per heavy atom. The molecule has 0 spiro atoms. The van der Waals surface area contributed by atoms with Gasteiger partial charge in [-0.1, -0.05) is 25.0 Å². The molecule has 0 unspecified atom stereocenters. The Morgan fingerprint density at radius 3 is 2.62 bits per heavy atom. The topological polar surface area (TPSA) is 32.3 Å². The molecule has 0 amide bonds. The van der Waals surface area contributed by atoms with Gasteiger partial charge in [-0.25, -0.2) is 4.39 Å². The van der Waals surface area contributed by atoms with Crippen molar-refractivity contribution in [3.63, 3.8) is 0 Å². The van der Waals surface area contributed by atoms with Crippen molar-refractivity contribution in [3.8, 4) is 0 Å². The van der Waals surface area contributed by atoms with E-state index in [2.05, 4.69) is 5.32 Å². The molecule has 0 saturated heterocycles. The molecule has 0 atom stereocenters. The van der Waals surface area contributed by atoms with Crippen LogP contribution in [0.1, 0.15) is 31.2 Å². The van der Waals surface area contributed by atoms with E-state index in [1.54, 1.807) is 6.07 Å². The zero-order chi connectivity index (χ0) is 11.8. The Hall–Kier alpha value is -1.09. The predicted molar refractivity (Wildman–Crippen MR) is 65.2 cm³/mol. The maximum atomic E-state index is 13.4. The molecule has 0 aliphatic carbocycles. The smallest absolute Gasteiger partial charge is 0.146 e. The second kappa shape index (κ2) is 7.23. The highest BCUT2D eigenvalue weighted by atomic mass is 19.1. The Labute approximate surface area is 96.5 Å². The van der Waals surface area contributed by atoms with Crippen LogP contribution >= 0.6 is 0 Å². The van der Waals surface area contributed by atoms with Crippen molar-refractivity contribution in [2.75, 3.05) is 18.5 Å². The fourth-order valence-electron chi connectivity index (χ4n) is 1.66. The highest BCUT2D eigenvalue weighted by molar-refractivity contribution is 5.51. The van der Waals surface area contributed by atoms with E-state index in [1.807, 2.05) is 13.0 Å². The van der Waals surface area contributed by atoms with E-state index in [-0.39, 0.29) is 12.4 Å². The van der Waals surface area contributed by atoms with Crippen LogP contribution in [0.25, 0.3) is 0 Å². The number of nitrogens with one attached hydrogen (secondary N) is 1. The minimum atomic E-state index is -0.185. The van der Waals surface area contributed by atoms with E-state index in [0.29, 0.717) is 5.69 Å². The molecular weight excluding hydrogens is 205 g/mol. The number of hydrogen-bond donors (Lipinski definition) is 2. The van der Waals surface area contributed by atoms with Crippen LogP contribution in [0.4, 0.5) is 10.1 Å². The summed E-state index contributed by atoms with van der Waals surface area (Å²) in [5.41, 5.74) is 1.56. The molecule has 3 heteroatoms. The van der Waals surface area contributed by atoms with Gasteiger partial charge in [0, 0.05) is 13.2 Å². The van der Waals surface area contributed by atoms with Crippen LogP contribution in [0, 0.1) is 12.7 Å². The first kappa shape index (κ1) is 13.0. The van der Waals surface area contributed by atoms with Crippen molar-refractivity contribution >= 4 is 5.69 Å². The maximum absolute atomic E-state index is 13.4. The maximum Gasteiger partial charge on any atom is 0.146 e. The molecule has 0 aliphatic heterocycles. The molecule has 0 fully saturated rings. The van der Waals surface area contributed by atoms with Gasteiger partial charge in [0.05, 0.1) is 5.69 Å². The molecule has 1 aromatic rings. The lowest BCUT2D eigenvalue weighted by molar-refractivity contribution is 0.283. The molecular formula is C13H20FNO. The number of halogens is 1. The minimum Gasteiger partial charge on any atom is -0.396 e. The summed E-state index contributed by atoms with van der Waals surface area (Å²) >= 11 is 0. The fraction of sp³-hybridized carbons (Fsp3) is 0.538. The van der Waals surface area contributed by atoms with Gasteiger partial charge in [0.25, 0.3) is 0 Å². The summed E-state index contributed by atoms with van der Waals surface area (Å²) in [4.78, 5) is 0. The summed E-state index contributed by atoms with van der Waals surface area (Å²) in [6.45, 7) is 2.95. The summed E-state index contributed by atoms with van der Waals surface area (Å²) in [6.07, 6.45) is 3.97. The highest BCUT2D eigenvalue weighted by Gasteiger charge is 2.03. The summed E-state index contributed by atoms with van der Waals surface area (Å²) < 4.78 is 13.4. The van der Waals surface area contributed by atoms with E-state index in [1.165, 1.54) is 6.07 Å². The van der Waals surface area contributed by atoms with E-state index >= 15 is 0 Å². The number of rotatable bonds is 7. The van der Waals surface area contributed by atoms with Crippen LogP contribution in [0.2, 0.25) is 0 Å². The highest BCUT2D eigenvalue weighted by Crippen LogP contribution is 2.18. The fourth-order valence-corrected chi connectivity index (χ4v) is 1.66. The molecule has 0 aliphatic rings. The second-order valence-corrected chi connectivity index (χ2v) is 4.00. The normalized spacial score (nSPS) is 10.4. The van der Waals surface area contributed by atoms with Gasteiger partial charge in [-0.2, -0.15) is 0 Å². The number of hydrogen-bond acceptors (Lipinski definition) is 2. The lowest BCUT2D eigenvalue weighted by Gasteiger charge is -2.10. The van der Waals surface area contributed by atoms with Crippen LogP contribution in [-0.2, 0) is 0 Å². The number of para-hydroxylation sites is 1. The predicted octanol–water partition coefficient (Wildman–Crippen LogP) is 3.10. The third-order valence-corrected chi connectivity index (χ3v) is 2.61. The van der Waals surface area contributed by atoms with E-state index < -0.39 is 0 Å². The Morgan fingerprint density at radius 2 is 1.94 bits per heavy atom. The molecule has 0 radical (unpaired) electrons. The van der Waals surface area contributed by atoms with Gasteiger partial charge >= 0.3 is 0 Å². The van der Waals surface area contributed by atoms with E-state index in [4.69, 9.17) is 5.11 Å². The molecule has 90 valence electrons. The molecule has 16 heavy (non-hydrogen) atoms. The molecule has 0 bridgehead atoms. The van der Waals surface area contributed by atoms with Crippen LogP contribution in [0.3, 0.4) is 0 Å². The first-order valence-corrected chi connectivity index (χ1v) is 5.85. The van der Waals surface area contributed by atoms with Crippen LogP contribution < -0.4 is 5.32 Å². The van der Waals surface area contributed by atoms with Gasteiger partial charge in [0.1, 0.15) is 5.82 Å². The zero-order valence-electron chi connectivity index (χ0n) is 9.80. The van der Waals surface area contributed by atoms with E-state index in [9.17, 15) is 4.39 Å². The standard InChI is InChI=1S/C13H20FNO/c1-11-7-6-8-12(14)13(11)15-9-4-2-3-5-10-16/h6-8,15-16H,2-5,9-10H2,1H3. The van der Waals surface area contributed by atoms with Gasteiger partial charge < -0.3 is 10.4 Å². The summed E-state index contributed by atoms with van der Waals surface area (Å²) in [5, 5.41) is 11.7. The minimum absolute atomic E-state index is 0.185. The van der Waals surface area contributed by atoms with Gasteiger partial charge in [-0.15, -0.1) is 0 Å². The average Bonchev–Trinajstić information content (AvgIpc) is 2.26. The first-order valence-electron chi connectivity index (χ1n) is 5.85. The van der Waals surface area contributed by atoms with Crippen LogP contribution in [0.15, 0.2) is 18.2 Å². The van der Waals surface area contributed by atoms with Crippen molar-refractivity contribution in [3.05, 3.63) is 29.6 Å². The quantitative estimate of drug-likeness (QED) is 0.699. The molecule has 2 nitrogen and oxygen atoms in total. The first-order chi connectivity index (χ1) is 7.75. The molecule has 0 aromatic heterocycles. The third-order valence-electron chi connectivity index (χ3n) is 2.61. The number of benzene rings is 1. The lowest BCUT2D eigenvalue weighted by atomic mass is 10.1. The van der Waals surface area contributed by atoms with Gasteiger partial charge in [0.15, 0.2) is 0 Å². The number of unbranched alkanes of at least 4 members (excludes halogenated alkanes) is 3. The second-order valence-electron chi connectivity index (χ2n) is 4.00. The Kier molecular flexibility index (Phi) is 5.86. The lowest BCUT2D eigenvalue weighted by Crippen LogP contribution is -2.05. The van der Waals surface area contributed by atoms with Gasteiger partial charge in [0.2, 0.25) is 0 Å². The number of aliphatic hydroxyl groups excluding tert-OH is 1. The van der Waals surface area contributed by atoms with Crippen molar-refractivity contribution in [2.45, 2.75) is 32.6 Å². The number of anilines is 1. The Balaban J connectivity index is 2.26. The average molecular weight is 225 g/mol. The van der Waals surface area contributed by atoms with Crippen LogP contribution in [0.5, 0.6) is 0 Å². The molecule has 2 N–H and O–H groups in total. The van der Waals surface area contributed by atoms with Crippen LogP contribution in [-0.4, -0.2) is 18.3 Å². The third kappa shape index (κ3) is 4.19. The summed E-state index contributed by atoms with van der Waals surface area (Å²) in [7, 11) is 0. The number of aliphatic hydroxyl groups is 1. The number of aryl methyl sites for hydroxylation is 1. The zero-order valence-corrected chi connectivity index (χ0v) is 9.80. The van der Waals surface area contributed by atoms with Crippen molar-refractivity contribution < 1.29 is 9.50 Å². The van der Waals surface area contributed by atoms with Gasteiger partial charge in [-0.05, 0) is 31.4 Å². The monoisotopic (exact) mass is 225 g/mol. The van der Waals surface area contributed by atoms with Crippen molar-refractivity contribution in [2.24, 2.45) is 0 Å². The van der Waals surface area contributed by atoms with E-state index in [0.717, 1.165) is 37.8 Å². The molecule has 1 rings (SSSR count). The van der Waals surface area contributed by atoms with Gasteiger partial charge in [-0.3, -0.25) is 0 Å².